The topological polar surface area (TPSA) is 15.3 Å². The molecule has 1 atom stereocenters. The minimum absolute atomic E-state index is 0.340. The van der Waals surface area contributed by atoms with Gasteiger partial charge >= 0.3 is 0 Å². The number of nitrogens with zero attached hydrogens (tertiary/aromatic N) is 1. The van der Waals surface area contributed by atoms with Crippen molar-refractivity contribution in [1.82, 2.24) is 10.2 Å². The van der Waals surface area contributed by atoms with Crippen LogP contribution in [0.2, 0.25) is 0 Å². The zero-order valence-corrected chi connectivity index (χ0v) is 13.4. The minimum atomic E-state index is 0.340. The van der Waals surface area contributed by atoms with E-state index in [0.29, 0.717) is 11.5 Å². The quantitative estimate of drug-likeness (QED) is 0.748. The summed E-state index contributed by atoms with van der Waals surface area (Å²) in [5, 5.41) is 3.43. The van der Waals surface area contributed by atoms with Gasteiger partial charge < -0.3 is 5.32 Å². The van der Waals surface area contributed by atoms with Gasteiger partial charge in [0.15, 0.2) is 0 Å². The second kappa shape index (κ2) is 6.91. The fraction of sp³-hybridized carbons (Fsp3) is 1.00. The zero-order chi connectivity index (χ0) is 13.8. The molecule has 0 saturated heterocycles. The summed E-state index contributed by atoms with van der Waals surface area (Å²) in [5.74, 6) is 0.770. The van der Waals surface area contributed by atoms with E-state index >= 15 is 0 Å². The Morgan fingerprint density at radius 2 is 1.72 bits per heavy atom. The van der Waals surface area contributed by atoms with Crippen molar-refractivity contribution in [2.45, 2.75) is 72.4 Å². The van der Waals surface area contributed by atoms with Crippen LogP contribution >= 0.6 is 0 Å². The Morgan fingerprint density at radius 1 is 1.17 bits per heavy atom. The Hall–Kier alpha value is -0.0800. The number of hydrogen-bond acceptors (Lipinski definition) is 2. The van der Waals surface area contributed by atoms with E-state index in [0.717, 1.165) is 12.0 Å². The van der Waals surface area contributed by atoms with Gasteiger partial charge in [-0.3, -0.25) is 4.90 Å². The van der Waals surface area contributed by atoms with Crippen molar-refractivity contribution < 1.29 is 0 Å². The molecule has 1 N–H and O–H groups in total. The predicted octanol–water partition coefficient (Wildman–Crippen LogP) is 3.52. The first-order chi connectivity index (χ1) is 8.36. The highest BCUT2D eigenvalue weighted by Gasteiger charge is 2.31. The average molecular weight is 254 g/mol. The monoisotopic (exact) mass is 254 g/mol. The van der Waals surface area contributed by atoms with Gasteiger partial charge in [-0.25, -0.2) is 0 Å². The van der Waals surface area contributed by atoms with Crippen LogP contribution in [0.4, 0.5) is 0 Å². The van der Waals surface area contributed by atoms with Gasteiger partial charge in [0.2, 0.25) is 0 Å². The fourth-order valence-electron chi connectivity index (χ4n) is 3.13. The summed E-state index contributed by atoms with van der Waals surface area (Å²) < 4.78 is 0. The summed E-state index contributed by atoms with van der Waals surface area (Å²) >= 11 is 0. The highest BCUT2D eigenvalue weighted by Crippen LogP contribution is 2.29. The Labute approximate surface area is 115 Å². The van der Waals surface area contributed by atoms with E-state index in [4.69, 9.17) is 0 Å². The van der Waals surface area contributed by atoms with Crippen LogP contribution < -0.4 is 5.32 Å². The molecule has 0 aliphatic heterocycles. The van der Waals surface area contributed by atoms with Gasteiger partial charge in [0.1, 0.15) is 0 Å². The van der Waals surface area contributed by atoms with Crippen LogP contribution in [0.25, 0.3) is 0 Å². The number of rotatable bonds is 7. The molecule has 2 heteroatoms. The molecule has 0 bridgehead atoms. The van der Waals surface area contributed by atoms with E-state index in [1.807, 2.05) is 0 Å². The molecule has 108 valence electrons. The van der Waals surface area contributed by atoms with Crippen molar-refractivity contribution in [3.05, 3.63) is 0 Å². The molecule has 1 saturated carbocycles. The largest absolute Gasteiger partial charge is 0.317 e. The van der Waals surface area contributed by atoms with Crippen LogP contribution in [0.15, 0.2) is 0 Å². The summed E-state index contributed by atoms with van der Waals surface area (Å²) in [6.07, 6.45) is 5.69. The minimum Gasteiger partial charge on any atom is -0.317 e. The van der Waals surface area contributed by atoms with E-state index in [9.17, 15) is 0 Å². The first kappa shape index (κ1) is 16.0. The Bertz CT molecular complexity index is 229. The van der Waals surface area contributed by atoms with Gasteiger partial charge in [0.05, 0.1) is 0 Å². The van der Waals surface area contributed by atoms with Gasteiger partial charge in [-0.05, 0) is 38.1 Å². The standard InChI is InChI=1S/C16H34N2/c1-13(2)11-18(15-9-7-8-10-15)12-16(4,5)14(3)17-6/h13-15,17H,7-12H2,1-6H3. The first-order valence-corrected chi connectivity index (χ1v) is 7.78. The second-order valence-electron chi connectivity index (χ2n) is 7.26. The lowest BCUT2D eigenvalue weighted by molar-refractivity contribution is 0.0969. The van der Waals surface area contributed by atoms with Crippen molar-refractivity contribution in [3.63, 3.8) is 0 Å². The normalized spacial score (nSPS) is 20.0. The zero-order valence-electron chi connectivity index (χ0n) is 13.4. The third-order valence-electron chi connectivity index (χ3n) is 4.66. The predicted molar refractivity (Wildman–Crippen MR) is 81.0 cm³/mol. The summed E-state index contributed by atoms with van der Waals surface area (Å²) in [6.45, 7) is 14.3. The summed E-state index contributed by atoms with van der Waals surface area (Å²) in [6, 6.07) is 1.41. The lowest BCUT2D eigenvalue weighted by atomic mass is 9.84. The molecule has 18 heavy (non-hydrogen) atoms. The van der Waals surface area contributed by atoms with Crippen LogP contribution in [0, 0.1) is 11.3 Å². The molecule has 2 nitrogen and oxygen atoms in total. The van der Waals surface area contributed by atoms with Crippen molar-refractivity contribution in [2.75, 3.05) is 20.1 Å². The molecule has 0 aromatic carbocycles. The van der Waals surface area contributed by atoms with Gasteiger partial charge in [-0.2, -0.15) is 0 Å². The van der Waals surface area contributed by atoms with Crippen LogP contribution in [0.3, 0.4) is 0 Å². The highest BCUT2D eigenvalue weighted by atomic mass is 15.2. The van der Waals surface area contributed by atoms with Gasteiger partial charge in [0, 0.05) is 25.2 Å². The highest BCUT2D eigenvalue weighted by molar-refractivity contribution is 4.87. The third-order valence-corrected chi connectivity index (χ3v) is 4.66. The van der Waals surface area contributed by atoms with E-state index in [1.165, 1.54) is 38.8 Å². The number of hydrogen-bond donors (Lipinski definition) is 1. The van der Waals surface area contributed by atoms with E-state index < -0.39 is 0 Å². The fourth-order valence-corrected chi connectivity index (χ4v) is 3.13. The lowest BCUT2D eigenvalue weighted by Crippen LogP contribution is -2.49. The maximum atomic E-state index is 3.43. The van der Waals surface area contributed by atoms with E-state index in [-0.39, 0.29) is 0 Å². The first-order valence-electron chi connectivity index (χ1n) is 7.78. The van der Waals surface area contributed by atoms with Crippen molar-refractivity contribution in [1.29, 1.82) is 0 Å². The molecule has 0 amide bonds. The maximum Gasteiger partial charge on any atom is 0.00991 e. The molecule has 0 heterocycles. The molecule has 0 aromatic heterocycles. The van der Waals surface area contributed by atoms with E-state index in [1.54, 1.807) is 0 Å². The molecule has 1 rings (SSSR count). The van der Waals surface area contributed by atoms with Crippen molar-refractivity contribution in [2.24, 2.45) is 11.3 Å². The van der Waals surface area contributed by atoms with Crippen LogP contribution in [0.1, 0.15) is 60.3 Å². The molecule has 1 aliphatic carbocycles. The third kappa shape index (κ3) is 4.55. The Morgan fingerprint density at radius 3 is 2.17 bits per heavy atom. The van der Waals surface area contributed by atoms with Gasteiger partial charge in [-0.1, -0.05) is 40.5 Å². The lowest BCUT2D eigenvalue weighted by Gasteiger charge is -2.40. The van der Waals surface area contributed by atoms with Crippen LogP contribution in [0.5, 0.6) is 0 Å². The van der Waals surface area contributed by atoms with Crippen LogP contribution in [-0.2, 0) is 0 Å². The molecule has 0 aromatic rings. The molecular weight excluding hydrogens is 220 g/mol. The molecule has 1 fully saturated rings. The second-order valence-corrected chi connectivity index (χ2v) is 7.26. The molecular formula is C16H34N2. The summed E-state index contributed by atoms with van der Waals surface area (Å²) in [7, 11) is 2.08. The summed E-state index contributed by atoms with van der Waals surface area (Å²) in [5.41, 5.74) is 0.340. The van der Waals surface area contributed by atoms with Gasteiger partial charge in [0.25, 0.3) is 0 Å². The van der Waals surface area contributed by atoms with E-state index in [2.05, 4.69) is 51.9 Å². The van der Waals surface area contributed by atoms with Crippen LogP contribution in [-0.4, -0.2) is 37.1 Å². The Kier molecular flexibility index (Phi) is 6.13. The summed E-state index contributed by atoms with van der Waals surface area (Å²) in [4.78, 5) is 2.77. The molecule has 1 aliphatic rings. The van der Waals surface area contributed by atoms with Crippen molar-refractivity contribution in [3.8, 4) is 0 Å². The molecule has 1 unspecified atom stereocenters. The number of nitrogens with one attached hydrogen (secondary N) is 1. The smallest absolute Gasteiger partial charge is 0.00991 e. The molecule has 0 spiro atoms. The maximum absolute atomic E-state index is 3.43. The van der Waals surface area contributed by atoms with Crippen molar-refractivity contribution >= 4 is 0 Å². The molecule has 0 radical (unpaired) electrons. The van der Waals surface area contributed by atoms with Gasteiger partial charge in [-0.15, -0.1) is 0 Å². The average Bonchev–Trinajstić information content (AvgIpc) is 2.79. The SMILES string of the molecule is CNC(C)C(C)(C)CN(CC(C)C)C1CCCC1. The Balaban J connectivity index is 2.64.